The van der Waals surface area contributed by atoms with E-state index in [1.807, 2.05) is 24.3 Å². The number of rotatable bonds is 10. The van der Waals surface area contributed by atoms with Crippen molar-refractivity contribution in [2.75, 3.05) is 19.0 Å². The van der Waals surface area contributed by atoms with Crippen molar-refractivity contribution in [1.82, 2.24) is 16.1 Å². The number of nitrogens with one attached hydrogen (secondary N) is 4. The number of carbonyl (C=O) groups excluding carboxylic acids is 3. The van der Waals surface area contributed by atoms with Gasteiger partial charge in [0.15, 0.2) is 0 Å². The van der Waals surface area contributed by atoms with Gasteiger partial charge in [-0.15, -0.1) is 0 Å². The van der Waals surface area contributed by atoms with E-state index in [1.54, 1.807) is 43.5 Å². The van der Waals surface area contributed by atoms with E-state index in [2.05, 4.69) is 39.6 Å². The molecule has 2 atom stereocenters. The summed E-state index contributed by atoms with van der Waals surface area (Å²) >= 11 is 0. The van der Waals surface area contributed by atoms with Gasteiger partial charge in [0.1, 0.15) is 11.8 Å². The zero-order valence-electron chi connectivity index (χ0n) is 22.5. The molecule has 0 aliphatic carbocycles. The summed E-state index contributed by atoms with van der Waals surface area (Å²) < 4.78 is 5.31. The molecular weight excluding hydrogens is 524 g/mol. The van der Waals surface area contributed by atoms with Crippen LogP contribution >= 0.6 is 0 Å². The first-order valence-electron chi connectivity index (χ1n) is 12.6. The quantitative estimate of drug-likeness (QED) is 0.127. The molecule has 0 bridgehead atoms. The number of carbonyl (C=O) groups is 3. The maximum atomic E-state index is 12.3. The fraction of sp³-hybridized carbons (Fsp3) is 0.194. The minimum Gasteiger partial charge on any atom is -0.496 e. The van der Waals surface area contributed by atoms with Crippen LogP contribution in [0.4, 0.5) is 5.69 Å². The molecule has 0 aliphatic rings. The molecule has 0 heterocycles. The van der Waals surface area contributed by atoms with E-state index in [-0.39, 0.29) is 18.0 Å². The van der Waals surface area contributed by atoms with Gasteiger partial charge >= 0.3 is 0 Å². The minimum atomic E-state index is -1.31. The predicted molar refractivity (Wildman–Crippen MR) is 153 cm³/mol. The molecule has 0 saturated carbocycles. The highest BCUT2D eigenvalue weighted by atomic mass is 16.5. The second-order valence-electron chi connectivity index (χ2n) is 8.79. The molecule has 0 aromatic heterocycles. The normalized spacial score (nSPS) is 11.4. The molecule has 210 valence electrons. The van der Waals surface area contributed by atoms with E-state index < -0.39 is 24.0 Å². The fourth-order valence-corrected chi connectivity index (χ4v) is 3.61. The van der Waals surface area contributed by atoms with Crippen LogP contribution in [0.25, 0.3) is 0 Å². The molecule has 3 aromatic rings. The van der Waals surface area contributed by atoms with E-state index in [1.165, 1.54) is 24.5 Å². The van der Waals surface area contributed by atoms with Gasteiger partial charge in [-0.05, 0) is 73.4 Å². The van der Waals surface area contributed by atoms with Crippen LogP contribution in [0.2, 0.25) is 0 Å². The summed E-state index contributed by atoms with van der Waals surface area (Å²) in [5, 5.41) is 26.7. The van der Waals surface area contributed by atoms with Gasteiger partial charge in [-0.3, -0.25) is 19.6 Å². The van der Waals surface area contributed by atoms with Crippen LogP contribution < -0.4 is 26.2 Å². The molecule has 6 N–H and O–H groups in total. The zero-order valence-corrected chi connectivity index (χ0v) is 22.5. The van der Waals surface area contributed by atoms with Crippen LogP contribution in [0.3, 0.4) is 0 Å². The van der Waals surface area contributed by atoms with Gasteiger partial charge in [-0.25, -0.2) is 5.48 Å². The number of hydrogen-bond acceptors (Lipinski definition) is 7. The molecule has 2 unspecified atom stereocenters. The maximum absolute atomic E-state index is 12.3. The number of ether oxygens (including phenoxy) is 1. The second-order valence-corrected chi connectivity index (χ2v) is 8.79. The summed E-state index contributed by atoms with van der Waals surface area (Å²) in [6, 6.07) is 19.6. The molecule has 3 aromatic carbocycles. The first kappa shape index (κ1) is 30.4. The first-order chi connectivity index (χ1) is 19.8. The molecule has 41 heavy (non-hydrogen) atoms. The Labute approximate surface area is 238 Å². The van der Waals surface area contributed by atoms with Crippen LogP contribution in [0.5, 0.6) is 5.75 Å². The Hall–Kier alpha value is -5.13. The maximum Gasteiger partial charge on any atom is 0.268 e. The Morgan fingerprint density at radius 1 is 0.902 bits per heavy atom. The van der Waals surface area contributed by atoms with Gasteiger partial charge in [0.25, 0.3) is 11.8 Å². The number of hydroxylamine groups is 1. The molecule has 3 amide bonds. The molecule has 0 saturated heterocycles. The van der Waals surface area contributed by atoms with Crippen LogP contribution in [-0.2, 0) is 16.1 Å². The van der Waals surface area contributed by atoms with Crippen molar-refractivity contribution in [2.45, 2.75) is 25.6 Å². The Bertz CT molecular complexity index is 1480. The number of methoxy groups -OCH3 is 1. The van der Waals surface area contributed by atoms with Crippen molar-refractivity contribution in [1.29, 1.82) is 0 Å². The molecule has 10 heteroatoms. The smallest absolute Gasteiger partial charge is 0.268 e. The summed E-state index contributed by atoms with van der Waals surface area (Å²) in [4.78, 5) is 36.2. The van der Waals surface area contributed by atoms with Gasteiger partial charge in [-0.2, -0.15) is 0 Å². The average molecular weight is 555 g/mol. The second kappa shape index (κ2) is 15.5. The monoisotopic (exact) mass is 554 g/mol. The van der Waals surface area contributed by atoms with E-state index in [4.69, 9.17) is 9.94 Å². The molecule has 0 radical (unpaired) electrons. The SMILES string of the molecule is COc1ccccc1CNCC(=O)Nc1ccc(C#CC#Cc2ccc(C(=O)NC(C(=O)NO)C(C)O)cc2)cc1. The third kappa shape index (κ3) is 9.53. The molecule has 0 spiro atoms. The Balaban J connectivity index is 1.48. The lowest BCUT2D eigenvalue weighted by molar-refractivity contribution is -0.133. The highest BCUT2D eigenvalue weighted by Gasteiger charge is 2.25. The largest absolute Gasteiger partial charge is 0.496 e. The molecule has 3 rings (SSSR count). The molecule has 10 nitrogen and oxygen atoms in total. The van der Waals surface area contributed by atoms with E-state index in [0.29, 0.717) is 17.8 Å². The van der Waals surface area contributed by atoms with Gasteiger partial charge in [0, 0.05) is 34.5 Å². The number of para-hydroxylation sites is 1. The molecular formula is C31H30N4O6. The lowest BCUT2D eigenvalue weighted by atomic mass is 10.1. The van der Waals surface area contributed by atoms with Gasteiger partial charge in [0.05, 0.1) is 19.8 Å². The van der Waals surface area contributed by atoms with Gasteiger partial charge in [0.2, 0.25) is 5.91 Å². The Morgan fingerprint density at radius 2 is 1.51 bits per heavy atom. The summed E-state index contributed by atoms with van der Waals surface area (Å²) in [6.45, 7) is 1.96. The molecule has 0 aliphatic heterocycles. The van der Waals surface area contributed by atoms with Crippen molar-refractivity contribution in [3.8, 4) is 29.4 Å². The van der Waals surface area contributed by atoms with Crippen LogP contribution in [0.1, 0.15) is 34.0 Å². The highest BCUT2D eigenvalue weighted by molar-refractivity contribution is 5.97. The lowest BCUT2D eigenvalue weighted by Crippen LogP contribution is -2.51. The topological polar surface area (TPSA) is 149 Å². The van der Waals surface area contributed by atoms with Crippen molar-refractivity contribution in [3.05, 3.63) is 95.1 Å². The van der Waals surface area contributed by atoms with E-state index in [0.717, 1.165) is 16.9 Å². The standard InChI is InChI=1S/C31H30N4O6/c1-21(36)29(31(39)35-40)34-30(38)24-15-11-22(12-16-24)7-3-4-8-23-13-17-26(18-14-23)33-28(37)20-32-19-25-9-5-6-10-27(25)41-2/h5-6,9-18,21,29,32,36,40H,19-20H2,1-2H3,(H,33,37)(H,34,38)(H,35,39). The van der Waals surface area contributed by atoms with Gasteiger partial charge in [-0.1, -0.05) is 30.0 Å². The summed E-state index contributed by atoms with van der Waals surface area (Å²) in [6.07, 6.45) is -1.21. The number of anilines is 1. The number of aliphatic hydroxyl groups is 1. The first-order valence-corrected chi connectivity index (χ1v) is 12.6. The lowest BCUT2D eigenvalue weighted by Gasteiger charge is -2.19. The summed E-state index contributed by atoms with van der Waals surface area (Å²) in [7, 11) is 1.61. The fourth-order valence-electron chi connectivity index (χ4n) is 3.61. The van der Waals surface area contributed by atoms with Crippen LogP contribution in [-0.4, -0.2) is 53.8 Å². The minimum absolute atomic E-state index is 0.143. The van der Waals surface area contributed by atoms with Crippen molar-refractivity contribution >= 4 is 23.4 Å². The molecule has 0 fully saturated rings. The van der Waals surface area contributed by atoms with Crippen molar-refractivity contribution in [3.63, 3.8) is 0 Å². The highest BCUT2D eigenvalue weighted by Crippen LogP contribution is 2.16. The number of hydrogen-bond donors (Lipinski definition) is 6. The Kier molecular flexibility index (Phi) is 11.5. The predicted octanol–water partition coefficient (Wildman–Crippen LogP) is 1.81. The van der Waals surface area contributed by atoms with E-state index >= 15 is 0 Å². The Morgan fingerprint density at radius 3 is 2.10 bits per heavy atom. The number of benzene rings is 3. The average Bonchev–Trinajstić information content (AvgIpc) is 2.98. The van der Waals surface area contributed by atoms with Crippen LogP contribution in [0.15, 0.2) is 72.8 Å². The van der Waals surface area contributed by atoms with Crippen LogP contribution in [0, 0.1) is 23.7 Å². The summed E-state index contributed by atoms with van der Waals surface area (Å²) in [5.74, 6) is 10.4. The zero-order chi connectivity index (χ0) is 29.6. The number of aliphatic hydroxyl groups excluding tert-OH is 1. The third-order valence-electron chi connectivity index (χ3n) is 5.75. The van der Waals surface area contributed by atoms with E-state index in [9.17, 15) is 19.5 Å². The van der Waals surface area contributed by atoms with Gasteiger partial charge < -0.3 is 25.8 Å². The van der Waals surface area contributed by atoms with Crippen molar-refractivity contribution in [2.24, 2.45) is 0 Å². The number of amides is 3. The summed E-state index contributed by atoms with van der Waals surface area (Å²) in [5.41, 5.74) is 4.61. The third-order valence-corrected chi connectivity index (χ3v) is 5.75. The van der Waals surface area contributed by atoms with Crippen molar-refractivity contribution < 1.29 is 29.4 Å².